The summed E-state index contributed by atoms with van der Waals surface area (Å²) in [6.45, 7) is 10.3. The van der Waals surface area contributed by atoms with Crippen molar-refractivity contribution in [2.75, 3.05) is 6.61 Å². The number of ether oxygens (including phenoxy) is 5. The summed E-state index contributed by atoms with van der Waals surface area (Å²) >= 11 is 0. The average molecular weight is 258 g/mol. The highest BCUT2D eigenvalue weighted by molar-refractivity contribution is 4.95. The molecule has 5 nitrogen and oxygen atoms in total. The maximum Gasteiger partial charge on any atom is 0.187 e. The molecule has 3 aliphatic heterocycles. The Morgan fingerprint density at radius 2 is 1.61 bits per heavy atom. The largest absolute Gasteiger partial charge is 0.348 e. The zero-order valence-electron chi connectivity index (χ0n) is 11.6. The van der Waals surface area contributed by atoms with E-state index in [0.717, 1.165) is 0 Å². The Bertz CT molecular complexity index is 340. The highest BCUT2D eigenvalue weighted by Gasteiger charge is 2.56. The Labute approximate surface area is 108 Å². The molecular formula is C13H22O5. The third-order valence-corrected chi connectivity index (χ3v) is 3.81. The lowest BCUT2D eigenvalue weighted by molar-refractivity contribution is -0.226. The second-order valence-electron chi connectivity index (χ2n) is 6.30. The summed E-state index contributed by atoms with van der Waals surface area (Å²) in [4.78, 5) is 0. The lowest BCUT2D eigenvalue weighted by Crippen LogP contribution is -2.37. The van der Waals surface area contributed by atoms with Gasteiger partial charge in [-0.25, -0.2) is 0 Å². The van der Waals surface area contributed by atoms with E-state index < -0.39 is 11.6 Å². The predicted molar refractivity (Wildman–Crippen MR) is 62.8 cm³/mol. The van der Waals surface area contributed by atoms with Gasteiger partial charge < -0.3 is 23.7 Å². The topological polar surface area (TPSA) is 46.2 Å². The molecule has 0 amide bonds. The molecule has 0 aromatic carbocycles. The van der Waals surface area contributed by atoms with Gasteiger partial charge in [0.25, 0.3) is 0 Å². The number of hydrogen-bond acceptors (Lipinski definition) is 5. The molecule has 104 valence electrons. The molecule has 5 atom stereocenters. The van der Waals surface area contributed by atoms with Crippen LogP contribution >= 0.6 is 0 Å². The summed E-state index contributed by atoms with van der Waals surface area (Å²) in [6, 6.07) is 0. The van der Waals surface area contributed by atoms with Crippen molar-refractivity contribution in [1.82, 2.24) is 0 Å². The molecule has 0 aromatic rings. The summed E-state index contributed by atoms with van der Waals surface area (Å²) in [7, 11) is 0. The zero-order valence-corrected chi connectivity index (χ0v) is 11.6. The molecule has 0 bridgehead atoms. The predicted octanol–water partition coefficient (Wildman–Crippen LogP) is 1.65. The van der Waals surface area contributed by atoms with Gasteiger partial charge in [-0.1, -0.05) is 6.92 Å². The maximum absolute atomic E-state index is 5.96. The van der Waals surface area contributed by atoms with Crippen LogP contribution in [0, 0.1) is 5.92 Å². The normalized spacial score (nSPS) is 49.5. The Balaban J connectivity index is 1.68. The van der Waals surface area contributed by atoms with Gasteiger partial charge in [0.1, 0.15) is 12.2 Å². The summed E-state index contributed by atoms with van der Waals surface area (Å²) in [6.07, 6.45) is -0.376. The van der Waals surface area contributed by atoms with Crippen molar-refractivity contribution in [1.29, 1.82) is 0 Å². The second kappa shape index (κ2) is 3.90. The SMILES string of the molecule is C[C@H]1[C@H]2OC(C)(C)O[C@H]2O[C@@H]1C1COC(C)(C)O1. The van der Waals surface area contributed by atoms with Crippen LogP contribution in [0.1, 0.15) is 34.6 Å². The van der Waals surface area contributed by atoms with E-state index in [0.29, 0.717) is 6.61 Å². The molecule has 3 heterocycles. The zero-order chi connectivity index (χ0) is 13.1. The molecule has 3 fully saturated rings. The molecule has 3 aliphatic rings. The Hall–Kier alpha value is -0.200. The van der Waals surface area contributed by atoms with Gasteiger partial charge in [0.2, 0.25) is 0 Å². The summed E-state index contributed by atoms with van der Waals surface area (Å²) in [5.41, 5.74) is 0. The van der Waals surface area contributed by atoms with Gasteiger partial charge in [-0.3, -0.25) is 0 Å². The molecule has 18 heavy (non-hydrogen) atoms. The van der Waals surface area contributed by atoms with Gasteiger partial charge >= 0.3 is 0 Å². The van der Waals surface area contributed by atoms with Crippen LogP contribution in [0.15, 0.2) is 0 Å². The average Bonchev–Trinajstić information content (AvgIpc) is 2.81. The van der Waals surface area contributed by atoms with Crippen molar-refractivity contribution in [2.45, 2.75) is 70.8 Å². The molecule has 0 saturated carbocycles. The van der Waals surface area contributed by atoms with E-state index in [-0.39, 0.29) is 30.5 Å². The van der Waals surface area contributed by atoms with Crippen LogP contribution in [-0.2, 0) is 23.7 Å². The minimum Gasteiger partial charge on any atom is -0.348 e. The third-order valence-electron chi connectivity index (χ3n) is 3.81. The first-order valence-electron chi connectivity index (χ1n) is 6.60. The molecule has 0 radical (unpaired) electrons. The summed E-state index contributed by atoms with van der Waals surface area (Å²) in [5, 5.41) is 0. The van der Waals surface area contributed by atoms with Crippen molar-refractivity contribution in [3.8, 4) is 0 Å². The number of rotatable bonds is 1. The van der Waals surface area contributed by atoms with Crippen LogP contribution in [-0.4, -0.2) is 42.8 Å². The van der Waals surface area contributed by atoms with Crippen molar-refractivity contribution in [3.63, 3.8) is 0 Å². The van der Waals surface area contributed by atoms with Crippen LogP contribution in [0.3, 0.4) is 0 Å². The van der Waals surface area contributed by atoms with E-state index in [1.165, 1.54) is 0 Å². The molecule has 3 saturated heterocycles. The van der Waals surface area contributed by atoms with Crippen LogP contribution in [0.25, 0.3) is 0 Å². The van der Waals surface area contributed by atoms with Gasteiger partial charge in [-0.15, -0.1) is 0 Å². The first kappa shape index (κ1) is 12.8. The molecule has 1 unspecified atom stereocenters. The lowest BCUT2D eigenvalue weighted by Gasteiger charge is -2.27. The molecule has 5 heteroatoms. The van der Waals surface area contributed by atoms with Gasteiger partial charge in [0.15, 0.2) is 17.9 Å². The fourth-order valence-electron chi connectivity index (χ4n) is 2.99. The first-order valence-corrected chi connectivity index (χ1v) is 6.60. The smallest absolute Gasteiger partial charge is 0.187 e. The number of hydrogen-bond donors (Lipinski definition) is 0. The lowest BCUT2D eigenvalue weighted by atomic mass is 9.97. The molecular weight excluding hydrogens is 236 g/mol. The maximum atomic E-state index is 5.96. The van der Waals surface area contributed by atoms with E-state index >= 15 is 0 Å². The van der Waals surface area contributed by atoms with Crippen molar-refractivity contribution < 1.29 is 23.7 Å². The van der Waals surface area contributed by atoms with Gasteiger partial charge in [-0.2, -0.15) is 0 Å². The fourth-order valence-corrected chi connectivity index (χ4v) is 2.99. The van der Waals surface area contributed by atoms with E-state index in [1.807, 2.05) is 27.7 Å². The van der Waals surface area contributed by atoms with E-state index in [9.17, 15) is 0 Å². The van der Waals surface area contributed by atoms with E-state index in [1.54, 1.807) is 0 Å². The standard InChI is InChI=1S/C13H22O5/c1-7-9(8-6-14-12(2,3)16-8)15-11-10(7)17-13(4,5)18-11/h7-11H,6H2,1-5H3/t7-,8?,9+,10-,11-/m1/s1. The number of fused-ring (bicyclic) bond motifs is 1. The van der Waals surface area contributed by atoms with Crippen molar-refractivity contribution in [3.05, 3.63) is 0 Å². The molecule has 0 N–H and O–H groups in total. The summed E-state index contributed by atoms with van der Waals surface area (Å²) in [5.74, 6) is -0.841. The van der Waals surface area contributed by atoms with Gasteiger partial charge in [0.05, 0.1) is 12.7 Å². The van der Waals surface area contributed by atoms with E-state index in [4.69, 9.17) is 23.7 Å². The summed E-state index contributed by atoms with van der Waals surface area (Å²) < 4.78 is 29.0. The van der Waals surface area contributed by atoms with Crippen LogP contribution in [0.4, 0.5) is 0 Å². The Kier molecular flexibility index (Phi) is 2.78. The minimum atomic E-state index is -0.555. The first-order chi connectivity index (χ1) is 8.27. The molecule has 3 rings (SSSR count). The van der Waals surface area contributed by atoms with Crippen LogP contribution in [0.5, 0.6) is 0 Å². The Morgan fingerprint density at radius 1 is 0.889 bits per heavy atom. The molecule has 0 aliphatic carbocycles. The van der Waals surface area contributed by atoms with Crippen LogP contribution < -0.4 is 0 Å². The Morgan fingerprint density at radius 3 is 2.17 bits per heavy atom. The van der Waals surface area contributed by atoms with Gasteiger partial charge in [-0.05, 0) is 27.7 Å². The van der Waals surface area contributed by atoms with Crippen molar-refractivity contribution in [2.24, 2.45) is 5.92 Å². The monoisotopic (exact) mass is 258 g/mol. The minimum absolute atomic E-state index is 0.0164. The van der Waals surface area contributed by atoms with Crippen LogP contribution in [0.2, 0.25) is 0 Å². The quantitative estimate of drug-likeness (QED) is 0.715. The molecule has 0 spiro atoms. The highest BCUT2D eigenvalue weighted by Crippen LogP contribution is 2.43. The fraction of sp³-hybridized carbons (Fsp3) is 1.00. The van der Waals surface area contributed by atoms with Crippen molar-refractivity contribution >= 4 is 0 Å². The van der Waals surface area contributed by atoms with Gasteiger partial charge in [0, 0.05) is 5.92 Å². The second-order valence-corrected chi connectivity index (χ2v) is 6.30. The molecule has 0 aromatic heterocycles. The third kappa shape index (κ3) is 2.08. The van der Waals surface area contributed by atoms with E-state index in [2.05, 4.69) is 6.92 Å². The highest BCUT2D eigenvalue weighted by atomic mass is 16.8.